The highest BCUT2D eigenvalue weighted by atomic mass is 32.1. The van der Waals surface area contributed by atoms with E-state index in [1.807, 2.05) is 63.2 Å². The first kappa shape index (κ1) is 17.5. The molecule has 2 aromatic carbocycles. The molecule has 0 radical (unpaired) electrons. The van der Waals surface area contributed by atoms with E-state index in [-0.39, 0.29) is 5.91 Å². The Hall–Kier alpha value is -2.31. The van der Waals surface area contributed by atoms with Crippen molar-refractivity contribution in [1.82, 2.24) is 10.3 Å². The Morgan fingerprint density at radius 2 is 1.88 bits per heavy atom. The lowest BCUT2D eigenvalue weighted by molar-refractivity contribution is -0.126. The van der Waals surface area contributed by atoms with Gasteiger partial charge < -0.3 is 10.6 Å². The molecule has 0 fully saturated rings. The minimum atomic E-state index is -0.491. The first-order chi connectivity index (χ1) is 11.8. The fraction of sp³-hybridized carbons (Fsp3) is 0.211. The maximum absolute atomic E-state index is 12.0. The third kappa shape index (κ3) is 4.21. The number of carbonyl (C=O) groups is 1. The highest BCUT2D eigenvalue weighted by Crippen LogP contribution is 2.31. The molecule has 0 saturated carbocycles. The minimum absolute atomic E-state index is 0.118. The summed E-state index contributed by atoms with van der Waals surface area (Å²) in [4.78, 5) is 16.7. The molecule has 0 atom stereocenters. The van der Waals surface area contributed by atoms with Crippen molar-refractivity contribution in [3.63, 3.8) is 0 Å². The molecule has 2 N–H and O–H groups in total. The van der Waals surface area contributed by atoms with E-state index >= 15 is 0 Å². The van der Waals surface area contributed by atoms with E-state index in [1.54, 1.807) is 11.3 Å². The zero-order valence-electron chi connectivity index (χ0n) is 14.3. The summed E-state index contributed by atoms with van der Waals surface area (Å²) in [6.07, 6.45) is 0. The summed E-state index contributed by atoms with van der Waals surface area (Å²) in [5, 5.41) is 7.03. The third-order valence-electron chi connectivity index (χ3n) is 3.57. The molecule has 4 nitrogen and oxygen atoms in total. The number of nitrogens with zero attached hydrogens (tertiary/aromatic N) is 1. The van der Waals surface area contributed by atoms with E-state index < -0.39 is 5.41 Å². The molecule has 0 unspecified atom stereocenters. The number of amides is 1. The Balaban J connectivity index is 1.77. The summed E-state index contributed by atoms with van der Waals surface area (Å²) < 4.78 is 1.16. The average Bonchev–Trinajstić information content (AvgIpc) is 2.98. The van der Waals surface area contributed by atoms with Crippen LogP contribution in [0.1, 0.15) is 20.8 Å². The Labute approximate surface area is 156 Å². The van der Waals surface area contributed by atoms with Crippen molar-refractivity contribution in [2.45, 2.75) is 20.8 Å². The van der Waals surface area contributed by atoms with Crippen molar-refractivity contribution < 1.29 is 4.79 Å². The molecule has 3 aromatic rings. The summed E-state index contributed by atoms with van der Waals surface area (Å²) in [6, 6.07) is 15.9. The fourth-order valence-electron chi connectivity index (χ4n) is 2.18. The number of hydrogen-bond acceptors (Lipinski definition) is 4. The predicted molar refractivity (Wildman–Crippen MR) is 109 cm³/mol. The lowest BCUT2D eigenvalue weighted by Crippen LogP contribution is -2.41. The largest absolute Gasteiger partial charge is 0.332 e. The van der Waals surface area contributed by atoms with E-state index in [2.05, 4.69) is 21.7 Å². The van der Waals surface area contributed by atoms with Crippen LogP contribution < -0.4 is 10.6 Å². The standard InChI is InChI=1S/C19H19N3OS2/c1-19(2,3)17(23)22-18(24)20-13-8-6-7-12(11-13)16-21-14-9-4-5-10-15(14)25-16/h4-11H,1-3H3,(H2,20,22,23,24). The van der Waals surface area contributed by atoms with Gasteiger partial charge in [0.25, 0.3) is 0 Å². The van der Waals surface area contributed by atoms with Gasteiger partial charge in [0.15, 0.2) is 5.11 Å². The van der Waals surface area contributed by atoms with Crippen LogP contribution in [0.2, 0.25) is 0 Å². The molecule has 6 heteroatoms. The van der Waals surface area contributed by atoms with Crippen LogP contribution in [0, 0.1) is 5.41 Å². The van der Waals surface area contributed by atoms with Crippen LogP contribution in [0.3, 0.4) is 0 Å². The van der Waals surface area contributed by atoms with Crippen LogP contribution in [0.25, 0.3) is 20.8 Å². The zero-order chi connectivity index (χ0) is 18.0. The van der Waals surface area contributed by atoms with Gasteiger partial charge in [-0.05, 0) is 36.5 Å². The molecule has 1 aromatic heterocycles. The van der Waals surface area contributed by atoms with Crippen molar-refractivity contribution >= 4 is 50.5 Å². The molecule has 25 heavy (non-hydrogen) atoms. The highest BCUT2D eigenvalue weighted by Gasteiger charge is 2.22. The molecule has 0 aliphatic heterocycles. The monoisotopic (exact) mass is 369 g/mol. The maximum Gasteiger partial charge on any atom is 0.231 e. The van der Waals surface area contributed by atoms with Crippen molar-refractivity contribution in [3.05, 3.63) is 48.5 Å². The van der Waals surface area contributed by atoms with E-state index in [9.17, 15) is 4.79 Å². The second kappa shape index (κ2) is 6.90. The molecule has 0 bridgehead atoms. The summed E-state index contributed by atoms with van der Waals surface area (Å²) in [5.74, 6) is -0.118. The molecule has 0 spiro atoms. The van der Waals surface area contributed by atoms with E-state index in [1.165, 1.54) is 0 Å². The van der Waals surface area contributed by atoms with Crippen molar-refractivity contribution in [1.29, 1.82) is 0 Å². The van der Waals surface area contributed by atoms with Crippen molar-refractivity contribution in [2.24, 2.45) is 5.41 Å². The molecule has 0 aliphatic carbocycles. The number of nitrogens with one attached hydrogen (secondary N) is 2. The van der Waals surface area contributed by atoms with E-state index in [0.717, 1.165) is 26.5 Å². The lowest BCUT2D eigenvalue weighted by Gasteiger charge is -2.18. The van der Waals surface area contributed by atoms with Crippen LogP contribution in [0.5, 0.6) is 0 Å². The van der Waals surface area contributed by atoms with Gasteiger partial charge in [0.2, 0.25) is 5.91 Å². The third-order valence-corrected chi connectivity index (χ3v) is 4.86. The number of anilines is 1. The van der Waals surface area contributed by atoms with Crippen LogP contribution >= 0.6 is 23.6 Å². The topological polar surface area (TPSA) is 54.0 Å². The Bertz CT molecular complexity index is 908. The van der Waals surface area contributed by atoms with Gasteiger partial charge in [-0.1, -0.05) is 45.0 Å². The highest BCUT2D eigenvalue weighted by molar-refractivity contribution is 7.80. The van der Waals surface area contributed by atoms with Crippen molar-refractivity contribution in [3.8, 4) is 10.6 Å². The van der Waals surface area contributed by atoms with E-state index in [4.69, 9.17) is 12.2 Å². The van der Waals surface area contributed by atoms with Gasteiger partial charge in [-0.25, -0.2) is 4.98 Å². The number of fused-ring (bicyclic) bond motifs is 1. The number of hydrogen-bond donors (Lipinski definition) is 2. The SMILES string of the molecule is CC(C)(C)C(=O)NC(=S)Nc1cccc(-c2nc3ccccc3s2)c1. The van der Waals surface area contributed by atoms with Crippen LogP contribution in [-0.4, -0.2) is 16.0 Å². The van der Waals surface area contributed by atoms with Gasteiger partial charge in [-0.2, -0.15) is 0 Å². The van der Waals surface area contributed by atoms with Crippen LogP contribution in [0.15, 0.2) is 48.5 Å². The van der Waals surface area contributed by atoms with Gasteiger partial charge >= 0.3 is 0 Å². The predicted octanol–water partition coefficient (Wildman–Crippen LogP) is 4.82. The van der Waals surface area contributed by atoms with Crippen LogP contribution in [-0.2, 0) is 4.79 Å². The number of thiocarbonyl (C=S) groups is 1. The number of carbonyl (C=O) groups excluding carboxylic acids is 1. The number of benzene rings is 2. The van der Waals surface area contributed by atoms with Gasteiger partial charge in [0.05, 0.1) is 10.2 Å². The first-order valence-electron chi connectivity index (χ1n) is 7.91. The van der Waals surface area contributed by atoms with Gasteiger partial charge in [-0.15, -0.1) is 11.3 Å². The summed E-state index contributed by atoms with van der Waals surface area (Å²) in [7, 11) is 0. The normalized spacial score (nSPS) is 11.3. The smallest absolute Gasteiger partial charge is 0.231 e. The van der Waals surface area contributed by atoms with Gasteiger partial charge in [-0.3, -0.25) is 4.79 Å². The molecular formula is C19H19N3OS2. The van der Waals surface area contributed by atoms with Crippen LogP contribution in [0.4, 0.5) is 5.69 Å². The Kier molecular flexibility index (Phi) is 4.83. The second-order valence-corrected chi connectivity index (χ2v) is 8.16. The summed E-state index contributed by atoms with van der Waals surface area (Å²) in [6.45, 7) is 5.54. The number of rotatable bonds is 2. The molecule has 1 heterocycles. The number of aromatic nitrogens is 1. The average molecular weight is 370 g/mol. The van der Waals surface area contributed by atoms with Crippen molar-refractivity contribution in [2.75, 3.05) is 5.32 Å². The first-order valence-corrected chi connectivity index (χ1v) is 9.14. The number of thiazole rings is 1. The maximum atomic E-state index is 12.0. The molecular weight excluding hydrogens is 350 g/mol. The molecule has 0 saturated heterocycles. The number of para-hydroxylation sites is 1. The second-order valence-electron chi connectivity index (χ2n) is 6.73. The quantitative estimate of drug-likeness (QED) is 0.636. The lowest BCUT2D eigenvalue weighted by atomic mass is 9.96. The minimum Gasteiger partial charge on any atom is -0.332 e. The molecule has 3 rings (SSSR count). The summed E-state index contributed by atoms with van der Waals surface area (Å²) in [5.41, 5.74) is 2.33. The Morgan fingerprint density at radius 3 is 2.60 bits per heavy atom. The zero-order valence-corrected chi connectivity index (χ0v) is 15.9. The summed E-state index contributed by atoms with van der Waals surface area (Å²) >= 11 is 6.89. The molecule has 0 aliphatic rings. The molecule has 128 valence electrons. The van der Waals surface area contributed by atoms with Gasteiger partial charge in [0.1, 0.15) is 5.01 Å². The van der Waals surface area contributed by atoms with Gasteiger partial charge in [0, 0.05) is 16.7 Å². The Morgan fingerprint density at radius 1 is 1.12 bits per heavy atom. The van der Waals surface area contributed by atoms with E-state index in [0.29, 0.717) is 5.11 Å². The fourth-order valence-corrected chi connectivity index (χ4v) is 3.35. The molecule has 1 amide bonds.